The highest BCUT2D eigenvalue weighted by Gasteiger charge is 2.37. The highest BCUT2D eigenvalue weighted by molar-refractivity contribution is 7.95. The summed E-state index contributed by atoms with van der Waals surface area (Å²) in [5.74, 6) is 0.174. The smallest absolute Gasteiger partial charge is 0.106 e. The fourth-order valence-electron chi connectivity index (χ4n) is 5.96. The Hall–Kier alpha value is -2.58. The van der Waals surface area contributed by atoms with Crippen molar-refractivity contribution in [3.05, 3.63) is 119 Å². The first-order valence-electron chi connectivity index (χ1n) is 16.6. The van der Waals surface area contributed by atoms with E-state index in [1.807, 2.05) is 13.8 Å². The molecule has 2 atom stereocenters. The Kier molecular flexibility index (Phi) is 10.4. The number of fused-ring (bicyclic) bond motifs is 1. The van der Waals surface area contributed by atoms with E-state index >= 15 is 0 Å². The van der Waals surface area contributed by atoms with E-state index in [2.05, 4.69) is 112 Å². The van der Waals surface area contributed by atoms with E-state index in [1.165, 1.54) is 70.3 Å². The molecule has 0 radical (unpaired) electrons. The average molecular weight is 671 g/mol. The molecule has 2 N–H and O–H groups in total. The summed E-state index contributed by atoms with van der Waals surface area (Å²) < 4.78 is 12.2. The number of rotatable bonds is 13. The first-order valence-corrected chi connectivity index (χ1v) is 18.0. The zero-order valence-electron chi connectivity index (χ0n) is 29.3. The van der Waals surface area contributed by atoms with Crippen molar-refractivity contribution >= 4 is 24.1 Å². The number of aryl methyl sites for hydroxylation is 2. The van der Waals surface area contributed by atoms with E-state index in [1.54, 1.807) is 27.7 Å². The highest BCUT2D eigenvalue weighted by atomic mass is 32.2. The summed E-state index contributed by atoms with van der Waals surface area (Å²) in [5, 5.41) is 21.1. The first kappa shape index (κ1) is 35.7. The third kappa shape index (κ3) is 7.85. The van der Waals surface area contributed by atoms with Crippen molar-refractivity contribution in [1.29, 1.82) is 0 Å². The number of hydrogen-bond acceptors (Lipinski definition) is 6. The van der Waals surface area contributed by atoms with E-state index < -0.39 is 22.2 Å². The summed E-state index contributed by atoms with van der Waals surface area (Å²) in [5.41, 5.74) is 5.87. The van der Waals surface area contributed by atoms with Gasteiger partial charge in [-0.1, -0.05) is 80.6 Å². The molecule has 0 aromatic heterocycles. The van der Waals surface area contributed by atoms with Crippen LogP contribution in [0.5, 0.6) is 0 Å². The van der Waals surface area contributed by atoms with Crippen molar-refractivity contribution in [2.45, 2.75) is 113 Å². The van der Waals surface area contributed by atoms with E-state index in [9.17, 15) is 10.2 Å². The van der Waals surface area contributed by atoms with Gasteiger partial charge in [-0.25, -0.2) is 0 Å². The molecular weight excluding hydrogens is 621 g/mol. The maximum Gasteiger partial charge on any atom is 0.106 e. The highest BCUT2D eigenvalue weighted by Crippen LogP contribution is 2.42. The van der Waals surface area contributed by atoms with Crippen LogP contribution in [0.4, 0.5) is 0 Å². The van der Waals surface area contributed by atoms with Crippen LogP contribution in [0.2, 0.25) is 0 Å². The van der Waals surface area contributed by atoms with Crippen molar-refractivity contribution in [3.8, 4) is 11.1 Å². The van der Waals surface area contributed by atoms with Crippen LogP contribution in [0.25, 0.3) is 11.1 Å². The van der Waals surface area contributed by atoms with E-state index in [-0.39, 0.29) is 12.0 Å². The molecule has 6 heteroatoms. The van der Waals surface area contributed by atoms with Gasteiger partial charge in [-0.2, -0.15) is 0 Å². The van der Waals surface area contributed by atoms with E-state index in [0.29, 0.717) is 0 Å². The van der Waals surface area contributed by atoms with Gasteiger partial charge in [-0.3, -0.25) is 0 Å². The zero-order valence-corrected chi connectivity index (χ0v) is 30.9. The molecule has 4 aromatic carbocycles. The molecule has 250 valence electrons. The number of hydrogen-bond donors (Lipinski definition) is 2. The van der Waals surface area contributed by atoms with Crippen molar-refractivity contribution in [3.63, 3.8) is 0 Å². The second-order valence-corrected chi connectivity index (χ2v) is 16.6. The van der Waals surface area contributed by atoms with Crippen LogP contribution in [-0.2, 0) is 26.6 Å². The van der Waals surface area contributed by atoms with Gasteiger partial charge in [-0.05, 0) is 130 Å². The number of benzene rings is 4. The van der Waals surface area contributed by atoms with Crippen LogP contribution in [0, 0.1) is 5.92 Å². The van der Waals surface area contributed by atoms with Crippen LogP contribution in [0.15, 0.2) is 101 Å². The molecule has 0 amide bonds. The van der Waals surface area contributed by atoms with Gasteiger partial charge in [0.1, 0.15) is 11.7 Å². The maximum atomic E-state index is 10.6. The Labute approximate surface area is 290 Å². The summed E-state index contributed by atoms with van der Waals surface area (Å²) in [6.07, 6.45) is 2.06. The quantitative estimate of drug-likeness (QED) is 0.109. The Bertz CT molecular complexity index is 1650. The Morgan fingerprint density at radius 3 is 1.49 bits per heavy atom. The number of aliphatic hydroxyl groups is 2. The molecule has 4 nitrogen and oxygen atoms in total. The second-order valence-electron chi connectivity index (χ2n) is 15.0. The van der Waals surface area contributed by atoms with Gasteiger partial charge in [0.25, 0.3) is 0 Å². The molecular formula is C41H50O4S2. The van der Waals surface area contributed by atoms with Gasteiger partial charge in [0.2, 0.25) is 0 Å². The molecule has 5 rings (SSSR count). The molecule has 4 aromatic rings. The molecule has 0 bridgehead atoms. The minimum atomic E-state index is -0.981. The molecule has 0 saturated heterocycles. The standard InChI is InChI=1S/C41H50O4S2/c1-27(2)37(38(3,4)42)44-46-35-22-18-33(19-23-35)41(9,34-20-24-36(25-21-34)47-45-40(7,8)39(5,6)43)32-16-14-29(15-17-32)31-13-11-28-10-12-30(28)26-31/h11,13-27,37,42-43H,10,12H2,1-9H3. The summed E-state index contributed by atoms with van der Waals surface area (Å²) in [6, 6.07) is 33.0. The Morgan fingerprint density at radius 1 is 0.596 bits per heavy atom. The lowest BCUT2D eigenvalue weighted by atomic mass is 9.71. The molecule has 0 aliphatic heterocycles. The molecule has 0 fully saturated rings. The molecule has 0 saturated carbocycles. The Balaban J connectivity index is 1.45. The van der Waals surface area contributed by atoms with Crippen LogP contribution in [-0.4, -0.2) is 33.1 Å². The van der Waals surface area contributed by atoms with Gasteiger partial charge in [0.05, 0.1) is 11.2 Å². The van der Waals surface area contributed by atoms with Crippen LogP contribution in [0.1, 0.15) is 90.1 Å². The maximum absolute atomic E-state index is 10.6. The molecule has 1 aliphatic carbocycles. The molecule has 47 heavy (non-hydrogen) atoms. The topological polar surface area (TPSA) is 58.9 Å². The van der Waals surface area contributed by atoms with Crippen molar-refractivity contribution in [1.82, 2.24) is 0 Å². The van der Waals surface area contributed by atoms with Crippen LogP contribution in [0.3, 0.4) is 0 Å². The van der Waals surface area contributed by atoms with Crippen LogP contribution >= 0.6 is 24.1 Å². The minimum absolute atomic E-state index is 0.174. The third-order valence-corrected chi connectivity index (χ3v) is 11.6. The third-order valence-electron chi connectivity index (χ3n) is 9.90. The largest absolute Gasteiger partial charge is 0.388 e. The predicted octanol–water partition coefficient (Wildman–Crippen LogP) is 10.2. The lowest BCUT2D eigenvalue weighted by Crippen LogP contribution is -2.45. The SMILES string of the molecule is CC(C)C(OSc1ccc(C(C)(c2ccc(SOC(C)(C)C(C)(C)O)cc2)c2ccc(-c3ccc4c(c3)CC4)cc2)cc1)C(C)(C)O. The second kappa shape index (κ2) is 13.7. The molecule has 0 heterocycles. The van der Waals surface area contributed by atoms with E-state index in [4.69, 9.17) is 8.37 Å². The van der Waals surface area contributed by atoms with Crippen molar-refractivity contribution < 1.29 is 18.6 Å². The lowest BCUT2D eigenvalue weighted by molar-refractivity contribution is -0.0813. The average Bonchev–Trinajstić information content (AvgIpc) is 3.00. The molecule has 1 aliphatic rings. The summed E-state index contributed by atoms with van der Waals surface area (Å²) in [7, 11) is 0. The molecule has 2 unspecified atom stereocenters. The fraction of sp³-hybridized carbons (Fsp3) is 0.415. The van der Waals surface area contributed by atoms with Gasteiger partial charge in [-0.15, -0.1) is 0 Å². The Morgan fingerprint density at radius 2 is 1.06 bits per heavy atom. The lowest BCUT2D eigenvalue weighted by Gasteiger charge is -2.36. The normalized spacial score (nSPS) is 15.6. The fourth-order valence-corrected chi connectivity index (χ4v) is 7.64. The van der Waals surface area contributed by atoms with Gasteiger partial charge < -0.3 is 18.6 Å². The zero-order chi connectivity index (χ0) is 34.2. The summed E-state index contributed by atoms with van der Waals surface area (Å²) >= 11 is 2.61. The first-order chi connectivity index (χ1) is 22.0. The molecule has 0 spiro atoms. The van der Waals surface area contributed by atoms with Crippen LogP contribution < -0.4 is 0 Å². The predicted molar refractivity (Wildman–Crippen MR) is 197 cm³/mol. The minimum Gasteiger partial charge on any atom is -0.388 e. The van der Waals surface area contributed by atoms with Crippen molar-refractivity contribution in [2.75, 3.05) is 0 Å². The summed E-state index contributed by atoms with van der Waals surface area (Å²) in [6.45, 7) is 17.3. The van der Waals surface area contributed by atoms with E-state index in [0.717, 1.165) is 15.4 Å². The summed E-state index contributed by atoms with van der Waals surface area (Å²) in [4.78, 5) is 1.96. The van der Waals surface area contributed by atoms with Gasteiger partial charge in [0.15, 0.2) is 0 Å². The van der Waals surface area contributed by atoms with Gasteiger partial charge in [0, 0.05) is 39.3 Å². The monoisotopic (exact) mass is 670 g/mol. The van der Waals surface area contributed by atoms with Crippen molar-refractivity contribution in [2.24, 2.45) is 5.92 Å². The van der Waals surface area contributed by atoms with Gasteiger partial charge >= 0.3 is 0 Å².